The van der Waals surface area contributed by atoms with E-state index in [0.717, 1.165) is 5.57 Å². The second kappa shape index (κ2) is 6.78. The lowest BCUT2D eigenvalue weighted by atomic mass is 10.3. The topological polar surface area (TPSA) is 151 Å². The van der Waals surface area contributed by atoms with Crippen LogP contribution in [0.25, 0.3) is 10.4 Å². The smallest absolute Gasteiger partial charge is 0.336 e. The van der Waals surface area contributed by atoms with Crippen LogP contribution in [0.3, 0.4) is 0 Å². The summed E-state index contributed by atoms with van der Waals surface area (Å²) in [6.45, 7) is 3.14. The van der Waals surface area contributed by atoms with Crippen LogP contribution in [0.4, 0.5) is 0 Å². The predicted octanol–water partition coefficient (Wildman–Crippen LogP) is 2.43. The normalized spacial score (nSPS) is 14.4. The third kappa shape index (κ3) is 8.91. The molecular weight excluding hydrogens is 276 g/mol. The number of allylic oxidation sites excluding steroid dienone is 1. The van der Waals surface area contributed by atoms with E-state index in [-0.39, 0.29) is 6.61 Å². The number of rotatable bonds is 7. The fraction of sp³-hybridized carbons (Fsp3) is 0.600. The molecule has 0 aliphatic heterocycles. The number of azide groups is 1. The third-order valence-corrected chi connectivity index (χ3v) is 3.49. The minimum Gasteiger partial charge on any atom is -0.336 e. The first kappa shape index (κ1) is 16.1. The maximum absolute atomic E-state index is 11.5. The quantitative estimate of drug-likeness (QED) is 0.182. The van der Waals surface area contributed by atoms with Gasteiger partial charge in [0.15, 0.2) is 0 Å². The lowest BCUT2D eigenvalue weighted by Crippen LogP contribution is -1.96. The van der Waals surface area contributed by atoms with E-state index in [4.69, 9.17) is 15.3 Å². The molecule has 12 heteroatoms. The van der Waals surface area contributed by atoms with Gasteiger partial charge in [0.25, 0.3) is 0 Å². The van der Waals surface area contributed by atoms with E-state index in [1.54, 1.807) is 13.8 Å². The molecule has 0 bridgehead atoms. The van der Waals surface area contributed by atoms with Crippen LogP contribution in [0.2, 0.25) is 0 Å². The molecule has 0 spiro atoms. The van der Waals surface area contributed by atoms with Gasteiger partial charge in [-0.05, 0) is 19.4 Å². The summed E-state index contributed by atoms with van der Waals surface area (Å²) in [7, 11) is -9.75. The molecule has 0 aromatic heterocycles. The molecule has 2 N–H and O–H groups in total. The van der Waals surface area contributed by atoms with Crippen LogP contribution in [0.1, 0.15) is 13.8 Å². The molecule has 0 aliphatic carbocycles. The second-order valence-electron chi connectivity index (χ2n) is 2.85. The van der Waals surface area contributed by atoms with Gasteiger partial charge in [-0.15, -0.1) is 0 Å². The summed E-state index contributed by atoms with van der Waals surface area (Å²) in [5.74, 6) is 0. The highest BCUT2D eigenvalue weighted by molar-refractivity contribution is 7.61. The molecule has 0 saturated carbocycles. The van der Waals surface area contributed by atoms with Gasteiger partial charge in [0, 0.05) is 4.91 Å². The lowest BCUT2D eigenvalue weighted by Gasteiger charge is -2.14. The fourth-order valence-electron chi connectivity index (χ4n) is 0.549. The van der Waals surface area contributed by atoms with Crippen LogP contribution >= 0.6 is 15.6 Å². The Morgan fingerprint density at radius 3 is 2.47 bits per heavy atom. The molecule has 10 nitrogen and oxygen atoms in total. The molecule has 0 amide bonds. The van der Waals surface area contributed by atoms with Gasteiger partial charge >= 0.3 is 15.6 Å². The first-order valence-corrected chi connectivity index (χ1v) is 7.05. The van der Waals surface area contributed by atoms with Crippen molar-refractivity contribution in [1.82, 2.24) is 0 Å². The van der Waals surface area contributed by atoms with Crippen molar-refractivity contribution in [1.29, 1.82) is 0 Å². The van der Waals surface area contributed by atoms with E-state index in [9.17, 15) is 9.13 Å². The highest BCUT2D eigenvalue weighted by atomic mass is 31.3. The molecule has 0 saturated heterocycles. The van der Waals surface area contributed by atoms with Crippen molar-refractivity contribution in [2.24, 2.45) is 5.28 Å². The molecule has 0 rings (SSSR count). The van der Waals surface area contributed by atoms with E-state index >= 15 is 0 Å². The Morgan fingerprint density at radius 2 is 2.06 bits per heavy atom. The zero-order valence-electron chi connectivity index (χ0n) is 8.96. The van der Waals surface area contributed by atoms with Crippen LogP contribution in [0.15, 0.2) is 16.9 Å². The molecule has 1 atom stereocenters. The molecule has 1 unspecified atom stereocenters. The van der Waals surface area contributed by atoms with Crippen molar-refractivity contribution in [2.45, 2.75) is 13.8 Å². The summed E-state index contributed by atoms with van der Waals surface area (Å²) in [5.41, 5.74) is 8.74. The first-order valence-electron chi connectivity index (χ1n) is 4.06. The van der Waals surface area contributed by atoms with Crippen molar-refractivity contribution < 1.29 is 32.4 Å². The molecule has 98 valence electrons. The summed E-state index contributed by atoms with van der Waals surface area (Å²) in [6, 6.07) is 0. The molecule has 0 aromatic carbocycles. The highest BCUT2D eigenvalue weighted by Crippen LogP contribution is 2.61. The summed E-state index contributed by atoms with van der Waals surface area (Å²) < 4.78 is 34.2. The maximum Gasteiger partial charge on any atom is 0.545 e. The van der Waals surface area contributed by atoms with Crippen LogP contribution in [-0.4, -0.2) is 16.4 Å². The van der Waals surface area contributed by atoms with Crippen LogP contribution in [0.5, 0.6) is 0 Å². The summed E-state index contributed by atoms with van der Waals surface area (Å²) in [5, 5.41) is 2.43. The molecular formula is C5H11N3O7P2. The van der Waals surface area contributed by atoms with Crippen LogP contribution < -0.4 is 0 Å². The molecule has 0 radical (unpaired) electrons. The van der Waals surface area contributed by atoms with Crippen molar-refractivity contribution in [3.63, 3.8) is 0 Å². The number of hydrogen-bond acceptors (Lipinski definition) is 6. The minimum absolute atomic E-state index is 0.291. The Hall–Kier alpha value is -0.850. The Kier molecular flexibility index (Phi) is 6.44. The Labute approximate surface area is 96.6 Å². The highest BCUT2D eigenvalue weighted by Gasteiger charge is 2.37. The van der Waals surface area contributed by atoms with Crippen molar-refractivity contribution >= 4 is 15.6 Å². The van der Waals surface area contributed by atoms with Gasteiger partial charge in [0.2, 0.25) is 0 Å². The number of hydrogen-bond donors (Lipinski definition) is 2. The van der Waals surface area contributed by atoms with Crippen molar-refractivity contribution in [3.05, 3.63) is 22.1 Å². The fourth-order valence-corrected chi connectivity index (χ4v) is 2.32. The van der Waals surface area contributed by atoms with E-state index in [1.165, 1.54) is 6.08 Å². The SMILES string of the molecule is CC(C)=CCOP(=O)(ON=[N+]=[N-])OP(=O)(O)O. The van der Waals surface area contributed by atoms with Gasteiger partial charge in [-0.1, -0.05) is 11.6 Å². The van der Waals surface area contributed by atoms with E-state index in [1.807, 2.05) is 0 Å². The lowest BCUT2D eigenvalue weighted by molar-refractivity contribution is 0.151. The second-order valence-corrected chi connectivity index (χ2v) is 5.80. The minimum atomic E-state index is -5.11. The zero-order valence-corrected chi connectivity index (χ0v) is 10.7. The van der Waals surface area contributed by atoms with Gasteiger partial charge in [-0.25, -0.2) is 9.13 Å². The molecule has 17 heavy (non-hydrogen) atoms. The van der Waals surface area contributed by atoms with E-state index < -0.39 is 15.6 Å². The average Bonchev–Trinajstić information content (AvgIpc) is 2.11. The van der Waals surface area contributed by atoms with Gasteiger partial charge < -0.3 is 14.4 Å². The molecule has 0 heterocycles. The third-order valence-electron chi connectivity index (χ3n) is 1.10. The molecule has 0 aromatic rings. The Bertz CT molecular complexity index is 419. The van der Waals surface area contributed by atoms with Gasteiger partial charge in [-0.3, -0.25) is 4.52 Å². The zero-order chi connectivity index (χ0) is 13.5. The van der Waals surface area contributed by atoms with Crippen molar-refractivity contribution in [3.8, 4) is 0 Å². The number of nitrogens with zero attached hydrogens (tertiary/aromatic N) is 3. The largest absolute Gasteiger partial charge is 0.545 e. The molecule has 0 fully saturated rings. The summed E-state index contributed by atoms with van der Waals surface area (Å²) >= 11 is 0. The van der Waals surface area contributed by atoms with Crippen LogP contribution in [0, 0.1) is 0 Å². The number of phosphoric acid groups is 2. The van der Waals surface area contributed by atoms with E-state index in [0.29, 0.717) is 0 Å². The average molecular weight is 287 g/mol. The summed E-state index contributed by atoms with van der Waals surface area (Å²) in [4.78, 5) is 19.0. The monoisotopic (exact) mass is 287 g/mol. The van der Waals surface area contributed by atoms with Gasteiger partial charge in [-0.2, -0.15) is 4.31 Å². The predicted molar refractivity (Wildman–Crippen MR) is 56.3 cm³/mol. The first-order chi connectivity index (χ1) is 7.68. The molecule has 0 aliphatic rings. The van der Waals surface area contributed by atoms with Gasteiger partial charge in [0.1, 0.15) is 5.28 Å². The standard InChI is InChI=1S/C5H11N3O7P2/c1-5(2)3-4-13-17(12,14-8-7-6)15-16(9,10)11/h3H,4H2,1-2H3,(H2,9,10,11). The Balaban J connectivity index is 4.73. The van der Waals surface area contributed by atoms with Crippen LogP contribution in [-0.2, 0) is 22.6 Å². The van der Waals surface area contributed by atoms with Crippen molar-refractivity contribution in [2.75, 3.05) is 6.61 Å². The van der Waals surface area contributed by atoms with E-state index in [2.05, 4.69) is 23.6 Å². The van der Waals surface area contributed by atoms with Gasteiger partial charge in [0.05, 0.1) is 6.61 Å². The maximum atomic E-state index is 11.5. The summed E-state index contributed by atoms with van der Waals surface area (Å²) in [6.07, 6.45) is 1.45. The Morgan fingerprint density at radius 1 is 1.47 bits per heavy atom.